The molecule has 0 saturated carbocycles. The van der Waals surface area contributed by atoms with Gasteiger partial charge in [-0.1, -0.05) is 12.1 Å². The van der Waals surface area contributed by atoms with Gasteiger partial charge in [0, 0.05) is 44.6 Å². The minimum atomic E-state index is -0.206. The van der Waals surface area contributed by atoms with Gasteiger partial charge in [-0.15, -0.1) is 0 Å². The number of hydrogen-bond donors (Lipinski definition) is 3. The minimum absolute atomic E-state index is 0.0924. The molecule has 0 aliphatic carbocycles. The van der Waals surface area contributed by atoms with Gasteiger partial charge in [-0.25, -0.2) is 9.82 Å². The molecular weight excluding hydrogens is 283 g/mol. The SMILES string of the molecule is CC1CNC(=O)CCN1CC1CNNC1c1cccc(F)c1. The van der Waals surface area contributed by atoms with Crippen LogP contribution >= 0.6 is 0 Å². The number of nitrogens with zero attached hydrogens (tertiary/aromatic N) is 1. The normalized spacial score (nSPS) is 30.1. The van der Waals surface area contributed by atoms with Crippen LogP contribution in [0.5, 0.6) is 0 Å². The predicted molar refractivity (Wildman–Crippen MR) is 82.4 cm³/mol. The van der Waals surface area contributed by atoms with Gasteiger partial charge < -0.3 is 5.32 Å². The Morgan fingerprint density at radius 3 is 3.05 bits per heavy atom. The molecule has 2 heterocycles. The van der Waals surface area contributed by atoms with E-state index in [1.54, 1.807) is 12.1 Å². The van der Waals surface area contributed by atoms with Gasteiger partial charge in [0.2, 0.25) is 5.91 Å². The van der Waals surface area contributed by atoms with Crippen molar-refractivity contribution in [3.05, 3.63) is 35.6 Å². The van der Waals surface area contributed by atoms with Gasteiger partial charge in [0.1, 0.15) is 5.82 Å². The van der Waals surface area contributed by atoms with Gasteiger partial charge in [-0.05, 0) is 24.6 Å². The molecule has 2 fully saturated rings. The zero-order chi connectivity index (χ0) is 15.5. The van der Waals surface area contributed by atoms with Crippen molar-refractivity contribution in [3.63, 3.8) is 0 Å². The lowest BCUT2D eigenvalue weighted by Crippen LogP contribution is -2.41. The van der Waals surface area contributed by atoms with Gasteiger partial charge >= 0.3 is 0 Å². The number of benzene rings is 1. The Kier molecular flexibility index (Phi) is 4.71. The molecular formula is C16H23FN4O. The smallest absolute Gasteiger partial charge is 0.221 e. The highest BCUT2D eigenvalue weighted by atomic mass is 19.1. The molecule has 1 amide bonds. The summed E-state index contributed by atoms with van der Waals surface area (Å²) < 4.78 is 13.5. The fraction of sp³-hybridized carbons (Fsp3) is 0.562. The summed E-state index contributed by atoms with van der Waals surface area (Å²) >= 11 is 0. The van der Waals surface area contributed by atoms with E-state index in [0.717, 1.165) is 25.2 Å². The van der Waals surface area contributed by atoms with Crippen molar-refractivity contribution in [2.75, 3.05) is 26.2 Å². The zero-order valence-corrected chi connectivity index (χ0v) is 12.8. The summed E-state index contributed by atoms with van der Waals surface area (Å²) in [5.74, 6) is 0.263. The Morgan fingerprint density at radius 2 is 2.23 bits per heavy atom. The highest BCUT2D eigenvalue weighted by Crippen LogP contribution is 2.26. The van der Waals surface area contributed by atoms with E-state index < -0.39 is 0 Å². The molecule has 6 heteroatoms. The second-order valence-corrected chi connectivity index (χ2v) is 6.22. The van der Waals surface area contributed by atoms with E-state index in [0.29, 0.717) is 24.9 Å². The number of hydrogen-bond acceptors (Lipinski definition) is 4. The first-order valence-corrected chi connectivity index (χ1v) is 7.88. The van der Waals surface area contributed by atoms with Crippen molar-refractivity contribution in [2.24, 2.45) is 5.92 Å². The Morgan fingerprint density at radius 1 is 1.36 bits per heavy atom. The molecule has 5 nitrogen and oxygen atoms in total. The predicted octanol–water partition coefficient (Wildman–Crippen LogP) is 0.801. The Hall–Kier alpha value is -1.50. The second kappa shape index (κ2) is 6.73. The van der Waals surface area contributed by atoms with Crippen molar-refractivity contribution in [1.29, 1.82) is 0 Å². The van der Waals surface area contributed by atoms with Crippen LogP contribution in [0.15, 0.2) is 24.3 Å². The number of nitrogens with one attached hydrogen (secondary N) is 3. The summed E-state index contributed by atoms with van der Waals surface area (Å²) in [5.41, 5.74) is 7.41. The van der Waals surface area contributed by atoms with Crippen LogP contribution in [0.25, 0.3) is 0 Å². The summed E-state index contributed by atoms with van der Waals surface area (Å²) in [6.07, 6.45) is 0.544. The molecule has 1 aromatic rings. The highest BCUT2D eigenvalue weighted by molar-refractivity contribution is 5.76. The van der Waals surface area contributed by atoms with E-state index in [-0.39, 0.29) is 17.8 Å². The molecule has 0 bridgehead atoms. The maximum absolute atomic E-state index is 13.5. The maximum atomic E-state index is 13.5. The van der Waals surface area contributed by atoms with Gasteiger partial charge in [-0.3, -0.25) is 15.1 Å². The van der Waals surface area contributed by atoms with Gasteiger partial charge in [0.05, 0.1) is 6.04 Å². The lowest BCUT2D eigenvalue weighted by Gasteiger charge is -2.30. The lowest BCUT2D eigenvalue weighted by atomic mass is 9.94. The van der Waals surface area contributed by atoms with Crippen LogP contribution in [0.1, 0.15) is 24.9 Å². The monoisotopic (exact) mass is 306 g/mol. The lowest BCUT2D eigenvalue weighted by molar-refractivity contribution is -0.120. The fourth-order valence-electron chi connectivity index (χ4n) is 3.28. The van der Waals surface area contributed by atoms with E-state index in [1.165, 1.54) is 6.07 Å². The third kappa shape index (κ3) is 3.45. The first kappa shape index (κ1) is 15.4. The third-order valence-corrected chi connectivity index (χ3v) is 4.61. The Balaban J connectivity index is 1.69. The first-order chi connectivity index (χ1) is 10.6. The zero-order valence-electron chi connectivity index (χ0n) is 12.8. The molecule has 0 radical (unpaired) electrons. The van der Waals surface area contributed by atoms with Crippen LogP contribution in [-0.4, -0.2) is 43.0 Å². The van der Waals surface area contributed by atoms with Crippen LogP contribution in [0.2, 0.25) is 0 Å². The van der Waals surface area contributed by atoms with E-state index >= 15 is 0 Å². The molecule has 3 atom stereocenters. The summed E-state index contributed by atoms with van der Waals surface area (Å²) in [6.45, 7) is 5.33. The molecule has 2 aliphatic heterocycles. The minimum Gasteiger partial charge on any atom is -0.355 e. The van der Waals surface area contributed by atoms with Gasteiger partial charge in [0.25, 0.3) is 0 Å². The first-order valence-electron chi connectivity index (χ1n) is 7.88. The number of amides is 1. The molecule has 3 N–H and O–H groups in total. The number of halogens is 1. The van der Waals surface area contributed by atoms with Crippen molar-refractivity contribution in [3.8, 4) is 0 Å². The van der Waals surface area contributed by atoms with Crippen LogP contribution < -0.4 is 16.2 Å². The quantitative estimate of drug-likeness (QED) is 0.773. The van der Waals surface area contributed by atoms with E-state index in [2.05, 4.69) is 28.0 Å². The molecule has 1 aromatic carbocycles. The molecule has 2 aliphatic rings. The second-order valence-electron chi connectivity index (χ2n) is 6.22. The third-order valence-electron chi connectivity index (χ3n) is 4.61. The van der Waals surface area contributed by atoms with Crippen molar-refractivity contribution in [1.82, 2.24) is 21.1 Å². The average molecular weight is 306 g/mol. The standard InChI is InChI=1S/C16H23FN4O/c1-11-8-18-15(22)5-6-21(11)10-13-9-19-20-16(13)12-3-2-4-14(17)7-12/h2-4,7,11,13,16,19-20H,5-6,8-10H2,1H3,(H,18,22). The summed E-state index contributed by atoms with van der Waals surface area (Å²) in [4.78, 5) is 13.9. The van der Waals surface area contributed by atoms with Crippen LogP contribution in [0.4, 0.5) is 4.39 Å². The van der Waals surface area contributed by atoms with Crippen LogP contribution in [-0.2, 0) is 4.79 Å². The fourth-order valence-corrected chi connectivity index (χ4v) is 3.28. The largest absolute Gasteiger partial charge is 0.355 e. The average Bonchev–Trinajstić information content (AvgIpc) is 2.90. The van der Waals surface area contributed by atoms with Crippen molar-refractivity contribution >= 4 is 5.91 Å². The molecule has 120 valence electrons. The van der Waals surface area contributed by atoms with Crippen molar-refractivity contribution in [2.45, 2.75) is 25.4 Å². The molecule has 3 unspecified atom stereocenters. The summed E-state index contributed by atoms with van der Waals surface area (Å²) in [6, 6.07) is 7.18. The van der Waals surface area contributed by atoms with Gasteiger partial charge in [0.15, 0.2) is 0 Å². The maximum Gasteiger partial charge on any atom is 0.221 e. The summed E-state index contributed by atoms with van der Waals surface area (Å²) in [5, 5.41) is 2.94. The van der Waals surface area contributed by atoms with E-state index in [9.17, 15) is 9.18 Å². The molecule has 3 rings (SSSR count). The van der Waals surface area contributed by atoms with Crippen LogP contribution in [0.3, 0.4) is 0 Å². The van der Waals surface area contributed by atoms with E-state index in [4.69, 9.17) is 0 Å². The molecule has 2 saturated heterocycles. The van der Waals surface area contributed by atoms with Crippen LogP contribution in [0, 0.1) is 11.7 Å². The molecule has 0 aromatic heterocycles. The highest BCUT2D eigenvalue weighted by Gasteiger charge is 2.32. The number of carbonyl (C=O) groups is 1. The van der Waals surface area contributed by atoms with Gasteiger partial charge in [-0.2, -0.15) is 0 Å². The van der Waals surface area contributed by atoms with Crippen molar-refractivity contribution < 1.29 is 9.18 Å². The Labute approximate surface area is 130 Å². The van der Waals surface area contributed by atoms with E-state index in [1.807, 2.05) is 6.07 Å². The number of carbonyl (C=O) groups excluding carboxylic acids is 1. The number of rotatable bonds is 3. The molecule has 22 heavy (non-hydrogen) atoms. The molecule has 0 spiro atoms. The topological polar surface area (TPSA) is 56.4 Å². The Bertz CT molecular complexity index is 539. The number of hydrazine groups is 1. The summed E-state index contributed by atoms with van der Waals surface area (Å²) in [7, 11) is 0.